The summed E-state index contributed by atoms with van der Waals surface area (Å²) in [6, 6.07) is 5.85. The molecule has 0 aliphatic heterocycles. The molecule has 3 heteroatoms. The highest BCUT2D eigenvalue weighted by molar-refractivity contribution is 5.81. The maximum absolute atomic E-state index is 8.94. The van der Waals surface area contributed by atoms with Crippen molar-refractivity contribution in [3.05, 3.63) is 29.5 Å². The lowest BCUT2D eigenvalue weighted by Gasteiger charge is -1.94. The van der Waals surface area contributed by atoms with Crippen molar-refractivity contribution in [1.29, 1.82) is 0 Å². The molecule has 1 aromatic carbocycles. The van der Waals surface area contributed by atoms with E-state index in [1.807, 2.05) is 36.9 Å². The molecule has 0 bridgehead atoms. The van der Waals surface area contributed by atoms with Crippen molar-refractivity contribution in [2.24, 2.45) is 7.05 Å². The molecule has 0 atom stereocenters. The Morgan fingerprint density at radius 2 is 2.23 bits per heavy atom. The number of aliphatic hydroxyl groups excluding tert-OH is 1. The molecule has 2 aromatic rings. The second kappa shape index (κ2) is 2.85. The molecule has 0 unspecified atom stereocenters. The zero-order valence-electron chi connectivity index (χ0n) is 7.78. The van der Waals surface area contributed by atoms with Crippen molar-refractivity contribution in [3.63, 3.8) is 0 Å². The molecule has 0 aliphatic carbocycles. The van der Waals surface area contributed by atoms with Crippen LogP contribution in [0.15, 0.2) is 18.2 Å². The topological polar surface area (TPSA) is 38.1 Å². The molecular formula is C10H12N2O. The van der Waals surface area contributed by atoms with Gasteiger partial charge in [-0.25, -0.2) is 0 Å². The Bertz CT molecular complexity index is 445. The molecule has 3 nitrogen and oxygen atoms in total. The molecule has 2 rings (SSSR count). The summed E-state index contributed by atoms with van der Waals surface area (Å²) in [4.78, 5) is 0. The van der Waals surface area contributed by atoms with Gasteiger partial charge in [-0.2, -0.15) is 5.10 Å². The monoisotopic (exact) mass is 176 g/mol. The first-order valence-electron chi connectivity index (χ1n) is 4.25. The van der Waals surface area contributed by atoms with Gasteiger partial charge >= 0.3 is 0 Å². The molecule has 1 aromatic heterocycles. The SMILES string of the molecule is Cc1c2ccc(CO)cc2nn1C. The fraction of sp³-hybridized carbons (Fsp3) is 0.300. The van der Waals surface area contributed by atoms with Crippen molar-refractivity contribution in [2.75, 3.05) is 0 Å². The standard InChI is InChI=1S/C10H12N2O/c1-7-9-4-3-8(6-13)5-10(9)11-12(7)2/h3-5,13H,6H2,1-2H3. The van der Waals surface area contributed by atoms with Crippen molar-refractivity contribution in [1.82, 2.24) is 9.78 Å². The van der Waals surface area contributed by atoms with Gasteiger partial charge in [0.15, 0.2) is 0 Å². The number of fused-ring (bicyclic) bond motifs is 1. The third-order valence-electron chi connectivity index (χ3n) is 2.38. The summed E-state index contributed by atoms with van der Waals surface area (Å²) in [6.07, 6.45) is 0. The number of aromatic nitrogens is 2. The van der Waals surface area contributed by atoms with Crippen LogP contribution in [-0.2, 0) is 13.7 Å². The molecule has 1 N–H and O–H groups in total. The zero-order chi connectivity index (χ0) is 9.42. The second-order valence-corrected chi connectivity index (χ2v) is 3.22. The first kappa shape index (κ1) is 8.26. The number of aliphatic hydroxyl groups is 1. The lowest BCUT2D eigenvalue weighted by molar-refractivity contribution is 0.282. The maximum Gasteiger partial charge on any atom is 0.0929 e. The molecule has 0 fully saturated rings. The summed E-state index contributed by atoms with van der Waals surface area (Å²) in [5.74, 6) is 0. The number of nitrogens with zero attached hydrogens (tertiary/aromatic N) is 2. The quantitative estimate of drug-likeness (QED) is 0.712. The molecule has 0 saturated heterocycles. The molecule has 0 radical (unpaired) electrons. The Hall–Kier alpha value is -1.35. The van der Waals surface area contributed by atoms with E-state index in [9.17, 15) is 0 Å². The van der Waals surface area contributed by atoms with E-state index < -0.39 is 0 Å². The first-order chi connectivity index (χ1) is 6.22. The van der Waals surface area contributed by atoms with E-state index in [1.54, 1.807) is 0 Å². The number of benzene rings is 1. The van der Waals surface area contributed by atoms with Gasteiger partial charge in [-0.15, -0.1) is 0 Å². The lowest BCUT2D eigenvalue weighted by atomic mass is 10.1. The fourth-order valence-electron chi connectivity index (χ4n) is 1.48. The van der Waals surface area contributed by atoms with Gasteiger partial charge in [-0.3, -0.25) is 4.68 Å². The Balaban J connectivity index is 2.73. The van der Waals surface area contributed by atoms with E-state index in [0.717, 1.165) is 22.2 Å². The van der Waals surface area contributed by atoms with Crippen LogP contribution in [0.1, 0.15) is 11.3 Å². The van der Waals surface area contributed by atoms with Crippen LogP contribution in [0.4, 0.5) is 0 Å². The minimum Gasteiger partial charge on any atom is -0.392 e. The Kier molecular flexibility index (Phi) is 1.81. The molecule has 68 valence electrons. The summed E-state index contributed by atoms with van der Waals surface area (Å²) in [7, 11) is 1.92. The van der Waals surface area contributed by atoms with Crippen LogP contribution >= 0.6 is 0 Å². The summed E-state index contributed by atoms with van der Waals surface area (Å²) < 4.78 is 1.85. The van der Waals surface area contributed by atoms with Gasteiger partial charge in [-0.05, 0) is 18.6 Å². The normalized spacial score (nSPS) is 11.0. The van der Waals surface area contributed by atoms with Gasteiger partial charge in [0.1, 0.15) is 0 Å². The van der Waals surface area contributed by atoms with Crippen LogP contribution in [0, 0.1) is 6.92 Å². The highest BCUT2D eigenvalue weighted by Crippen LogP contribution is 2.18. The number of hydrogen-bond donors (Lipinski definition) is 1. The van der Waals surface area contributed by atoms with Gasteiger partial charge in [0.05, 0.1) is 12.1 Å². The van der Waals surface area contributed by atoms with Crippen molar-refractivity contribution in [3.8, 4) is 0 Å². The second-order valence-electron chi connectivity index (χ2n) is 3.22. The van der Waals surface area contributed by atoms with E-state index in [0.29, 0.717) is 0 Å². The van der Waals surface area contributed by atoms with Crippen molar-refractivity contribution >= 4 is 10.9 Å². The van der Waals surface area contributed by atoms with Gasteiger partial charge < -0.3 is 5.11 Å². The highest BCUT2D eigenvalue weighted by atomic mass is 16.3. The first-order valence-corrected chi connectivity index (χ1v) is 4.25. The molecule has 1 heterocycles. The Morgan fingerprint density at radius 3 is 2.92 bits per heavy atom. The Labute approximate surface area is 76.6 Å². The molecule has 0 amide bonds. The van der Waals surface area contributed by atoms with Gasteiger partial charge in [0.25, 0.3) is 0 Å². The lowest BCUT2D eigenvalue weighted by Crippen LogP contribution is -1.91. The Morgan fingerprint density at radius 1 is 1.46 bits per heavy atom. The molecule has 0 saturated carbocycles. The van der Waals surface area contributed by atoms with E-state index in [2.05, 4.69) is 5.10 Å². The number of hydrogen-bond acceptors (Lipinski definition) is 2. The van der Waals surface area contributed by atoms with E-state index in [1.165, 1.54) is 0 Å². The predicted molar refractivity (Wildman–Crippen MR) is 51.4 cm³/mol. The van der Waals surface area contributed by atoms with Crippen molar-refractivity contribution in [2.45, 2.75) is 13.5 Å². The predicted octanol–water partition coefficient (Wildman–Crippen LogP) is 1.37. The summed E-state index contributed by atoms with van der Waals surface area (Å²) in [6.45, 7) is 2.11. The minimum absolute atomic E-state index is 0.0750. The van der Waals surface area contributed by atoms with E-state index in [-0.39, 0.29) is 6.61 Å². The average Bonchev–Trinajstić information content (AvgIpc) is 2.42. The third-order valence-corrected chi connectivity index (χ3v) is 2.38. The number of rotatable bonds is 1. The smallest absolute Gasteiger partial charge is 0.0929 e. The fourth-order valence-corrected chi connectivity index (χ4v) is 1.48. The minimum atomic E-state index is 0.0750. The van der Waals surface area contributed by atoms with Gasteiger partial charge in [-0.1, -0.05) is 12.1 Å². The zero-order valence-corrected chi connectivity index (χ0v) is 7.78. The molecule has 0 spiro atoms. The van der Waals surface area contributed by atoms with Crippen LogP contribution in [0.2, 0.25) is 0 Å². The summed E-state index contributed by atoms with van der Waals surface area (Å²) >= 11 is 0. The average molecular weight is 176 g/mol. The highest BCUT2D eigenvalue weighted by Gasteiger charge is 2.04. The van der Waals surface area contributed by atoms with Crippen LogP contribution in [-0.4, -0.2) is 14.9 Å². The van der Waals surface area contributed by atoms with E-state index in [4.69, 9.17) is 5.11 Å². The summed E-state index contributed by atoms with van der Waals surface area (Å²) in [5.41, 5.74) is 3.01. The number of aryl methyl sites for hydroxylation is 2. The van der Waals surface area contributed by atoms with Crippen LogP contribution < -0.4 is 0 Å². The third kappa shape index (κ3) is 1.21. The van der Waals surface area contributed by atoms with Gasteiger partial charge in [0, 0.05) is 18.1 Å². The van der Waals surface area contributed by atoms with Crippen LogP contribution in [0.5, 0.6) is 0 Å². The molecular weight excluding hydrogens is 164 g/mol. The molecule has 13 heavy (non-hydrogen) atoms. The van der Waals surface area contributed by atoms with E-state index >= 15 is 0 Å². The summed E-state index contributed by atoms with van der Waals surface area (Å²) in [5, 5.41) is 14.4. The maximum atomic E-state index is 8.94. The van der Waals surface area contributed by atoms with Crippen LogP contribution in [0.3, 0.4) is 0 Å². The largest absolute Gasteiger partial charge is 0.392 e. The van der Waals surface area contributed by atoms with Crippen molar-refractivity contribution < 1.29 is 5.11 Å². The van der Waals surface area contributed by atoms with Crippen LogP contribution in [0.25, 0.3) is 10.9 Å². The molecule has 0 aliphatic rings. The van der Waals surface area contributed by atoms with Gasteiger partial charge in [0.2, 0.25) is 0 Å².